The SMILES string of the molecule is CN(Cc1ccc(OC(F)(F)F)cc1)C(=O)C1COCCN1. The number of alkyl halides is 3. The third-order valence-electron chi connectivity index (χ3n) is 3.17. The van der Waals surface area contributed by atoms with Gasteiger partial charge in [-0.3, -0.25) is 4.79 Å². The Hall–Kier alpha value is -1.80. The summed E-state index contributed by atoms with van der Waals surface area (Å²) < 4.78 is 45.2. The second-order valence-electron chi connectivity index (χ2n) is 4.97. The first kappa shape index (κ1) is 16.6. The van der Waals surface area contributed by atoms with Crippen molar-refractivity contribution in [3.63, 3.8) is 0 Å². The quantitative estimate of drug-likeness (QED) is 0.915. The van der Waals surface area contributed by atoms with Crippen LogP contribution < -0.4 is 10.1 Å². The number of hydrogen-bond donors (Lipinski definition) is 1. The van der Waals surface area contributed by atoms with Crippen molar-refractivity contribution in [2.45, 2.75) is 18.9 Å². The first-order chi connectivity index (χ1) is 10.3. The molecule has 1 heterocycles. The summed E-state index contributed by atoms with van der Waals surface area (Å²) >= 11 is 0. The van der Waals surface area contributed by atoms with Crippen molar-refractivity contribution >= 4 is 5.91 Å². The monoisotopic (exact) mass is 318 g/mol. The summed E-state index contributed by atoms with van der Waals surface area (Å²) in [6.07, 6.45) is -4.71. The minimum absolute atomic E-state index is 0.115. The normalized spacial score (nSPS) is 18.8. The van der Waals surface area contributed by atoms with Gasteiger partial charge in [0.05, 0.1) is 13.2 Å². The Kier molecular flexibility index (Phi) is 5.25. The molecule has 0 spiro atoms. The van der Waals surface area contributed by atoms with Crippen LogP contribution in [-0.4, -0.2) is 50.0 Å². The summed E-state index contributed by atoms with van der Waals surface area (Å²) in [6, 6.07) is 5.06. The van der Waals surface area contributed by atoms with E-state index in [-0.39, 0.29) is 17.7 Å². The van der Waals surface area contributed by atoms with Gasteiger partial charge in [-0.05, 0) is 17.7 Å². The highest BCUT2D eigenvalue weighted by atomic mass is 19.4. The van der Waals surface area contributed by atoms with Crippen LogP contribution in [0.15, 0.2) is 24.3 Å². The molecular weight excluding hydrogens is 301 g/mol. The molecule has 1 aliphatic heterocycles. The van der Waals surface area contributed by atoms with E-state index < -0.39 is 6.36 Å². The van der Waals surface area contributed by atoms with Crippen LogP contribution in [0.1, 0.15) is 5.56 Å². The van der Waals surface area contributed by atoms with Crippen LogP contribution in [0.25, 0.3) is 0 Å². The lowest BCUT2D eigenvalue weighted by atomic mass is 10.2. The first-order valence-corrected chi connectivity index (χ1v) is 6.76. The molecule has 0 aliphatic carbocycles. The molecule has 1 saturated heterocycles. The van der Waals surface area contributed by atoms with E-state index in [9.17, 15) is 18.0 Å². The Labute approximate surface area is 126 Å². The van der Waals surface area contributed by atoms with E-state index in [1.165, 1.54) is 29.2 Å². The fourth-order valence-electron chi connectivity index (χ4n) is 2.14. The number of rotatable bonds is 4. The Morgan fingerprint density at radius 3 is 2.64 bits per heavy atom. The molecule has 1 fully saturated rings. The number of ether oxygens (including phenoxy) is 2. The number of morpholine rings is 1. The maximum Gasteiger partial charge on any atom is 0.573 e. The van der Waals surface area contributed by atoms with Gasteiger partial charge >= 0.3 is 6.36 Å². The van der Waals surface area contributed by atoms with Gasteiger partial charge in [0.2, 0.25) is 5.91 Å². The summed E-state index contributed by atoms with van der Waals surface area (Å²) in [6.45, 7) is 1.81. The van der Waals surface area contributed by atoms with Crippen molar-refractivity contribution < 1.29 is 27.4 Å². The van der Waals surface area contributed by atoms with Gasteiger partial charge in [-0.25, -0.2) is 0 Å². The zero-order chi connectivity index (χ0) is 16.2. The molecule has 22 heavy (non-hydrogen) atoms. The molecule has 1 N–H and O–H groups in total. The standard InChI is InChI=1S/C14H17F3N2O3/c1-19(13(20)12-9-21-7-6-18-12)8-10-2-4-11(5-3-10)22-14(15,16)17/h2-5,12,18H,6-9H2,1H3. The topological polar surface area (TPSA) is 50.8 Å². The molecule has 1 atom stereocenters. The number of amides is 1. The molecule has 1 aromatic rings. The lowest BCUT2D eigenvalue weighted by molar-refractivity contribution is -0.274. The average molecular weight is 318 g/mol. The summed E-state index contributed by atoms with van der Waals surface area (Å²) in [5, 5.41) is 3.06. The Morgan fingerprint density at radius 1 is 1.41 bits per heavy atom. The third kappa shape index (κ3) is 4.88. The molecule has 1 aromatic carbocycles. The van der Waals surface area contributed by atoms with Gasteiger partial charge < -0.3 is 19.7 Å². The summed E-state index contributed by atoms with van der Waals surface area (Å²) in [7, 11) is 1.64. The molecule has 8 heteroatoms. The lowest BCUT2D eigenvalue weighted by Gasteiger charge is -2.27. The van der Waals surface area contributed by atoms with Crippen LogP contribution in [0.2, 0.25) is 0 Å². The molecular formula is C14H17F3N2O3. The van der Waals surface area contributed by atoms with Gasteiger partial charge in [-0.2, -0.15) is 0 Å². The molecule has 0 aromatic heterocycles. The van der Waals surface area contributed by atoms with Crippen molar-refractivity contribution in [2.75, 3.05) is 26.8 Å². The Morgan fingerprint density at radius 2 is 2.09 bits per heavy atom. The van der Waals surface area contributed by atoms with Gasteiger partial charge in [0.1, 0.15) is 11.8 Å². The van der Waals surface area contributed by atoms with Gasteiger partial charge in [0.15, 0.2) is 0 Å². The second-order valence-corrected chi connectivity index (χ2v) is 4.97. The number of nitrogens with one attached hydrogen (secondary N) is 1. The Bertz CT molecular complexity index is 499. The van der Waals surface area contributed by atoms with Crippen molar-refractivity contribution in [2.24, 2.45) is 0 Å². The minimum Gasteiger partial charge on any atom is -0.406 e. The van der Waals surface area contributed by atoms with Crippen LogP contribution in [0, 0.1) is 0 Å². The van der Waals surface area contributed by atoms with E-state index >= 15 is 0 Å². The second kappa shape index (κ2) is 6.97. The van der Waals surface area contributed by atoms with Crippen molar-refractivity contribution in [3.05, 3.63) is 29.8 Å². The number of nitrogens with zero attached hydrogens (tertiary/aromatic N) is 1. The van der Waals surface area contributed by atoms with Gasteiger partial charge in [-0.1, -0.05) is 12.1 Å². The highest BCUT2D eigenvalue weighted by Crippen LogP contribution is 2.23. The number of hydrogen-bond acceptors (Lipinski definition) is 4. The van der Waals surface area contributed by atoms with Gasteiger partial charge in [-0.15, -0.1) is 13.2 Å². The van der Waals surface area contributed by atoms with E-state index in [1.54, 1.807) is 7.05 Å². The minimum atomic E-state index is -4.71. The number of benzene rings is 1. The molecule has 1 aliphatic rings. The van der Waals surface area contributed by atoms with Crippen LogP contribution in [0.4, 0.5) is 13.2 Å². The van der Waals surface area contributed by atoms with Crippen molar-refractivity contribution in [1.82, 2.24) is 10.2 Å². The van der Waals surface area contributed by atoms with Crippen molar-refractivity contribution in [1.29, 1.82) is 0 Å². The predicted octanol–water partition coefficient (Wildman–Crippen LogP) is 1.53. The molecule has 122 valence electrons. The third-order valence-corrected chi connectivity index (χ3v) is 3.17. The average Bonchev–Trinajstić information content (AvgIpc) is 2.48. The van der Waals surface area contributed by atoms with Crippen molar-refractivity contribution in [3.8, 4) is 5.75 Å². The maximum absolute atomic E-state index is 12.2. The first-order valence-electron chi connectivity index (χ1n) is 6.76. The predicted molar refractivity (Wildman–Crippen MR) is 72.2 cm³/mol. The lowest BCUT2D eigenvalue weighted by Crippen LogP contribution is -2.51. The zero-order valence-corrected chi connectivity index (χ0v) is 12.0. The summed E-state index contributed by atoms with van der Waals surface area (Å²) in [5.41, 5.74) is 0.710. The highest BCUT2D eigenvalue weighted by molar-refractivity contribution is 5.81. The van der Waals surface area contributed by atoms with E-state index in [2.05, 4.69) is 10.1 Å². The number of likely N-dealkylation sites (N-methyl/N-ethyl adjacent to an activating group) is 1. The van der Waals surface area contributed by atoms with Gasteiger partial charge in [0.25, 0.3) is 0 Å². The van der Waals surface area contributed by atoms with E-state index in [0.717, 1.165) is 0 Å². The van der Waals surface area contributed by atoms with Crippen LogP contribution in [-0.2, 0) is 16.1 Å². The van der Waals surface area contributed by atoms with Crippen LogP contribution in [0.3, 0.4) is 0 Å². The molecule has 1 unspecified atom stereocenters. The molecule has 5 nitrogen and oxygen atoms in total. The van der Waals surface area contributed by atoms with Gasteiger partial charge in [0, 0.05) is 20.1 Å². The van der Waals surface area contributed by atoms with E-state index in [1.807, 2.05) is 0 Å². The highest BCUT2D eigenvalue weighted by Gasteiger charge is 2.31. The maximum atomic E-state index is 12.2. The largest absolute Gasteiger partial charge is 0.573 e. The summed E-state index contributed by atoms with van der Waals surface area (Å²) in [5.74, 6) is -0.400. The molecule has 0 saturated carbocycles. The molecule has 0 radical (unpaired) electrons. The van der Waals surface area contributed by atoms with E-state index in [0.29, 0.717) is 31.9 Å². The number of carbonyl (C=O) groups is 1. The zero-order valence-electron chi connectivity index (χ0n) is 12.0. The molecule has 2 rings (SSSR count). The summed E-state index contributed by atoms with van der Waals surface area (Å²) in [4.78, 5) is 13.7. The molecule has 1 amide bonds. The number of halogens is 3. The fraction of sp³-hybridized carbons (Fsp3) is 0.500. The van der Waals surface area contributed by atoms with Crippen LogP contribution >= 0.6 is 0 Å². The fourth-order valence-corrected chi connectivity index (χ4v) is 2.14. The Balaban J connectivity index is 1.90. The van der Waals surface area contributed by atoms with Crippen LogP contribution in [0.5, 0.6) is 5.75 Å². The number of carbonyl (C=O) groups excluding carboxylic acids is 1. The van der Waals surface area contributed by atoms with E-state index in [4.69, 9.17) is 4.74 Å². The molecule has 0 bridgehead atoms. The smallest absolute Gasteiger partial charge is 0.406 e.